The second-order valence-electron chi connectivity index (χ2n) is 4.53. The van der Waals surface area contributed by atoms with Crippen molar-refractivity contribution in [3.8, 4) is 0 Å². The molecule has 3 nitrogen and oxygen atoms in total. The third kappa shape index (κ3) is 3.25. The van der Waals surface area contributed by atoms with E-state index in [-0.39, 0.29) is 18.3 Å². The molecule has 0 aromatic heterocycles. The van der Waals surface area contributed by atoms with Gasteiger partial charge in [-0.3, -0.25) is 4.79 Å². The number of nitrogens with zero attached hydrogens (tertiary/aromatic N) is 1. The molecular weight excluding hydrogens is 316 g/mol. The van der Waals surface area contributed by atoms with E-state index in [1.165, 1.54) is 0 Å². The van der Waals surface area contributed by atoms with Gasteiger partial charge in [0.25, 0.3) is 5.91 Å². The minimum Gasteiger partial charge on any atom is -0.337 e. The SMILES string of the molecule is Cc1ccc(C(=O)N(C)C2CCNC2)cc1Br.Cl. The number of nitrogens with one attached hydrogen (secondary N) is 1. The van der Waals surface area contributed by atoms with Crippen LogP contribution in [-0.4, -0.2) is 37.0 Å². The summed E-state index contributed by atoms with van der Waals surface area (Å²) in [5.41, 5.74) is 1.89. The van der Waals surface area contributed by atoms with E-state index < -0.39 is 0 Å². The fraction of sp³-hybridized carbons (Fsp3) is 0.462. The summed E-state index contributed by atoms with van der Waals surface area (Å²) < 4.78 is 0.987. The van der Waals surface area contributed by atoms with Crippen molar-refractivity contribution in [3.63, 3.8) is 0 Å². The summed E-state index contributed by atoms with van der Waals surface area (Å²) >= 11 is 3.46. The lowest BCUT2D eigenvalue weighted by molar-refractivity contribution is 0.0743. The minimum atomic E-state index is 0. The minimum absolute atomic E-state index is 0. The normalized spacial score (nSPS) is 18.3. The monoisotopic (exact) mass is 332 g/mol. The van der Waals surface area contributed by atoms with Crippen LogP contribution in [0.5, 0.6) is 0 Å². The van der Waals surface area contributed by atoms with Gasteiger partial charge >= 0.3 is 0 Å². The van der Waals surface area contributed by atoms with Crippen LogP contribution in [0.1, 0.15) is 22.3 Å². The molecule has 1 amide bonds. The molecule has 1 heterocycles. The van der Waals surface area contributed by atoms with Crippen LogP contribution >= 0.6 is 28.3 Å². The van der Waals surface area contributed by atoms with Crippen molar-refractivity contribution >= 4 is 34.2 Å². The Morgan fingerprint density at radius 2 is 2.22 bits per heavy atom. The molecule has 1 fully saturated rings. The summed E-state index contributed by atoms with van der Waals surface area (Å²) in [5.74, 6) is 0.0967. The molecule has 1 N–H and O–H groups in total. The molecule has 1 aromatic carbocycles. The molecular formula is C13H18BrClN2O. The lowest BCUT2D eigenvalue weighted by Crippen LogP contribution is -2.38. The van der Waals surface area contributed by atoms with Gasteiger partial charge in [-0.25, -0.2) is 0 Å². The fourth-order valence-corrected chi connectivity index (χ4v) is 2.44. The van der Waals surface area contributed by atoms with Crippen LogP contribution in [0, 0.1) is 6.92 Å². The van der Waals surface area contributed by atoms with E-state index in [4.69, 9.17) is 0 Å². The number of rotatable bonds is 2. The Bertz CT molecular complexity index is 433. The summed E-state index contributed by atoms with van der Waals surface area (Å²) in [7, 11) is 1.88. The van der Waals surface area contributed by atoms with Crippen LogP contribution in [0.3, 0.4) is 0 Å². The molecule has 0 radical (unpaired) electrons. The third-order valence-corrected chi connectivity index (χ3v) is 4.18. The first kappa shape index (κ1) is 15.5. The Hall–Kier alpha value is -0.580. The summed E-state index contributed by atoms with van der Waals surface area (Å²) in [6, 6.07) is 6.08. The summed E-state index contributed by atoms with van der Waals surface area (Å²) in [6.45, 7) is 3.91. The van der Waals surface area contributed by atoms with E-state index in [0.717, 1.165) is 35.1 Å². The van der Waals surface area contributed by atoms with Crippen molar-refractivity contribution in [3.05, 3.63) is 33.8 Å². The van der Waals surface area contributed by atoms with Crippen LogP contribution in [-0.2, 0) is 0 Å². The van der Waals surface area contributed by atoms with Gasteiger partial charge in [0.1, 0.15) is 0 Å². The second kappa shape index (κ2) is 6.55. The second-order valence-corrected chi connectivity index (χ2v) is 5.38. The summed E-state index contributed by atoms with van der Waals surface area (Å²) in [6.07, 6.45) is 1.04. The van der Waals surface area contributed by atoms with Crippen molar-refractivity contribution < 1.29 is 4.79 Å². The molecule has 0 aliphatic carbocycles. The highest BCUT2D eigenvalue weighted by molar-refractivity contribution is 9.10. The van der Waals surface area contributed by atoms with E-state index in [9.17, 15) is 4.79 Å². The van der Waals surface area contributed by atoms with Gasteiger partial charge in [-0.1, -0.05) is 22.0 Å². The van der Waals surface area contributed by atoms with Gasteiger partial charge in [0, 0.05) is 29.7 Å². The number of halogens is 2. The lowest BCUT2D eigenvalue weighted by Gasteiger charge is -2.24. The smallest absolute Gasteiger partial charge is 0.253 e. The first-order chi connectivity index (χ1) is 8.09. The molecule has 2 rings (SSSR count). The van der Waals surface area contributed by atoms with Crippen molar-refractivity contribution in [1.29, 1.82) is 0 Å². The third-order valence-electron chi connectivity index (χ3n) is 3.32. The summed E-state index contributed by atoms with van der Waals surface area (Å²) in [5, 5.41) is 3.28. The van der Waals surface area contributed by atoms with Gasteiger partial charge in [-0.05, 0) is 37.6 Å². The average molecular weight is 334 g/mol. The molecule has 18 heavy (non-hydrogen) atoms. The molecule has 100 valence electrons. The number of benzene rings is 1. The van der Waals surface area contributed by atoms with E-state index in [0.29, 0.717) is 6.04 Å². The van der Waals surface area contributed by atoms with Gasteiger partial charge in [0.05, 0.1) is 0 Å². The maximum absolute atomic E-state index is 12.3. The quantitative estimate of drug-likeness (QED) is 0.902. The zero-order chi connectivity index (χ0) is 12.4. The maximum atomic E-state index is 12.3. The highest BCUT2D eigenvalue weighted by atomic mass is 79.9. The fourth-order valence-electron chi connectivity index (χ4n) is 2.07. The Balaban J connectivity index is 0.00000162. The van der Waals surface area contributed by atoms with Gasteiger partial charge in [0.15, 0.2) is 0 Å². The molecule has 1 unspecified atom stereocenters. The summed E-state index contributed by atoms with van der Waals surface area (Å²) in [4.78, 5) is 14.1. The van der Waals surface area contributed by atoms with Crippen LogP contribution in [0.2, 0.25) is 0 Å². The van der Waals surface area contributed by atoms with Gasteiger partial charge < -0.3 is 10.2 Å². The van der Waals surface area contributed by atoms with Gasteiger partial charge in [0.2, 0.25) is 0 Å². The number of amides is 1. The molecule has 1 aromatic rings. The Labute approximate surface area is 122 Å². The van der Waals surface area contributed by atoms with E-state index in [1.807, 2.05) is 37.1 Å². The number of hydrogen-bond donors (Lipinski definition) is 1. The first-order valence-corrected chi connectivity index (χ1v) is 6.63. The van der Waals surface area contributed by atoms with Gasteiger partial charge in [-0.15, -0.1) is 12.4 Å². The topological polar surface area (TPSA) is 32.3 Å². The first-order valence-electron chi connectivity index (χ1n) is 5.83. The van der Waals surface area contributed by atoms with Crippen molar-refractivity contribution in [2.45, 2.75) is 19.4 Å². The molecule has 1 atom stereocenters. The van der Waals surface area contributed by atoms with E-state index in [2.05, 4.69) is 21.2 Å². The van der Waals surface area contributed by atoms with Crippen molar-refractivity contribution in [2.24, 2.45) is 0 Å². The van der Waals surface area contributed by atoms with Crippen molar-refractivity contribution in [1.82, 2.24) is 10.2 Å². The molecule has 0 saturated carbocycles. The molecule has 0 spiro atoms. The molecule has 1 aliphatic heterocycles. The largest absolute Gasteiger partial charge is 0.337 e. The van der Waals surface area contributed by atoms with Crippen molar-refractivity contribution in [2.75, 3.05) is 20.1 Å². The average Bonchev–Trinajstić information content (AvgIpc) is 2.84. The Kier molecular flexibility index (Phi) is 5.63. The lowest BCUT2D eigenvalue weighted by atomic mass is 10.1. The molecule has 1 aliphatic rings. The van der Waals surface area contributed by atoms with Gasteiger partial charge in [-0.2, -0.15) is 0 Å². The molecule has 5 heteroatoms. The van der Waals surface area contributed by atoms with Crippen LogP contribution < -0.4 is 5.32 Å². The number of aryl methyl sites for hydroxylation is 1. The molecule has 0 bridgehead atoms. The maximum Gasteiger partial charge on any atom is 0.253 e. The predicted molar refractivity (Wildman–Crippen MR) is 79.5 cm³/mol. The van der Waals surface area contributed by atoms with Crippen LogP contribution in [0.4, 0.5) is 0 Å². The zero-order valence-corrected chi connectivity index (χ0v) is 13.0. The molecule has 1 saturated heterocycles. The number of likely N-dealkylation sites (N-methyl/N-ethyl adjacent to an activating group) is 1. The van der Waals surface area contributed by atoms with Crippen LogP contribution in [0.15, 0.2) is 22.7 Å². The highest BCUT2D eigenvalue weighted by Gasteiger charge is 2.24. The van der Waals surface area contributed by atoms with Crippen LogP contribution in [0.25, 0.3) is 0 Å². The Morgan fingerprint density at radius 1 is 1.50 bits per heavy atom. The zero-order valence-electron chi connectivity index (χ0n) is 10.6. The van der Waals surface area contributed by atoms with E-state index in [1.54, 1.807) is 0 Å². The van der Waals surface area contributed by atoms with E-state index >= 15 is 0 Å². The standard InChI is InChI=1S/C13H17BrN2O.ClH/c1-9-3-4-10(7-12(9)14)13(17)16(2)11-5-6-15-8-11;/h3-4,7,11,15H,5-6,8H2,1-2H3;1H. The Morgan fingerprint density at radius 3 is 2.78 bits per heavy atom. The highest BCUT2D eigenvalue weighted by Crippen LogP contribution is 2.19. The number of hydrogen-bond acceptors (Lipinski definition) is 2. The predicted octanol–water partition coefficient (Wildman–Crippen LogP) is 2.61. The number of carbonyl (C=O) groups excluding carboxylic acids is 1. The number of carbonyl (C=O) groups is 1.